The Bertz CT molecular complexity index is 202. The number of rotatable bonds is 10. The molecular weight excluding hydrogens is 318 g/mol. The Balaban J connectivity index is 4.36. The van der Waals surface area contributed by atoms with Crippen LogP contribution < -0.4 is 0 Å². The average molecular weight is 338 g/mol. The predicted octanol–water partition coefficient (Wildman–Crippen LogP) is 5.75. The summed E-state index contributed by atoms with van der Waals surface area (Å²) in [5, 5.41) is 0. The summed E-state index contributed by atoms with van der Waals surface area (Å²) in [5.41, 5.74) is -2.32. The van der Waals surface area contributed by atoms with Gasteiger partial charge in [-0.25, -0.2) is 0 Å². The molecule has 0 aromatic heterocycles. The van der Waals surface area contributed by atoms with Crippen LogP contribution in [0.2, 0.25) is 0 Å². The Morgan fingerprint density at radius 1 is 1.00 bits per heavy atom. The highest BCUT2D eigenvalue weighted by Crippen LogP contribution is 2.83. The van der Waals surface area contributed by atoms with E-state index < -0.39 is 5.69 Å². The largest absolute Gasteiger partial charge is 0.322 e. The molecule has 0 spiro atoms. The smallest absolute Gasteiger partial charge is 0.253 e. The van der Waals surface area contributed by atoms with Crippen LogP contribution in [0, 0.1) is 0 Å². The summed E-state index contributed by atoms with van der Waals surface area (Å²) < 4.78 is 11.3. The first kappa shape index (κ1) is 18.0. The van der Waals surface area contributed by atoms with Crippen molar-refractivity contribution in [3.05, 3.63) is 0 Å². The number of hydrogen-bond acceptors (Lipinski definition) is 6. The molecule has 0 N–H and O–H groups in total. The van der Waals surface area contributed by atoms with Crippen molar-refractivity contribution in [1.29, 1.82) is 0 Å². The Labute approximate surface area is 118 Å². The lowest BCUT2D eigenvalue weighted by molar-refractivity contribution is 0.281. The summed E-state index contributed by atoms with van der Waals surface area (Å²) in [6.45, 7) is 9.59. The van der Waals surface area contributed by atoms with Crippen LogP contribution in [-0.2, 0) is 20.9 Å². The summed E-state index contributed by atoms with van der Waals surface area (Å²) in [5.74, 6) is 2.25. The molecule has 0 unspecified atom stereocenters. The Morgan fingerprint density at radius 3 is 1.75 bits per heavy atom. The molecule has 0 radical (unpaired) electrons. The molecule has 0 saturated carbocycles. The van der Waals surface area contributed by atoms with E-state index in [1.54, 1.807) is 11.0 Å². The SMILES string of the molecule is CCOP(=S)(OCC)SP(SCC)SCC. The highest BCUT2D eigenvalue weighted by Gasteiger charge is 2.25. The first-order chi connectivity index (χ1) is 7.61. The molecule has 0 aliphatic carbocycles. The van der Waals surface area contributed by atoms with Gasteiger partial charge in [-0.1, -0.05) is 13.8 Å². The maximum absolute atomic E-state index is 5.65. The van der Waals surface area contributed by atoms with E-state index in [1.165, 1.54) is 0 Å². The second kappa shape index (κ2) is 10.9. The molecule has 0 heterocycles. The fourth-order valence-corrected chi connectivity index (χ4v) is 25.1. The van der Waals surface area contributed by atoms with Gasteiger partial charge in [-0.05, 0) is 48.2 Å². The lowest BCUT2D eigenvalue weighted by Crippen LogP contribution is -1.90. The molecule has 16 heavy (non-hydrogen) atoms. The standard InChI is InChI=1S/C8H20O2P2S4/c1-5-9-12(13,10-6-2)16-11(14-7-3)15-8-4/h5-8H2,1-4H3. The van der Waals surface area contributed by atoms with Crippen LogP contribution in [0.1, 0.15) is 27.7 Å². The highest BCUT2D eigenvalue weighted by atomic mass is 33.5. The topological polar surface area (TPSA) is 18.5 Å². The van der Waals surface area contributed by atoms with Crippen LogP contribution in [0.25, 0.3) is 0 Å². The molecule has 0 fully saturated rings. The zero-order valence-corrected chi connectivity index (χ0v) is 15.2. The van der Waals surface area contributed by atoms with E-state index in [-0.39, 0.29) is 5.53 Å². The van der Waals surface area contributed by atoms with Gasteiger partial charge in [0.05, 0.1) is 18.7 Å². The van der Waals surface area contributed by atoms with Crippen molar-refractivity contribution < 1.29 is 9.05 Å². The zero-order valence-electron chi connectivity index (χ0n) is 10.2. The lowest BCUT2D eigenvalue weighted by Gasteiger charge is -2.23. The predicted molar refractivity (Wildman–Crippen MR) is 88.3 cm³/mol. The van der Waals surface area contributed by atoms with E-state index in [0.29, 0.717) is 13.2 Å². The van der Waals surface area contributed by atoms with Crippen LogP contribution in [-0.4, -0.2) is 24.7 Å². The van der Waals surface area contributed by atoms with Crippen LogP contribution in [0.5, 0.6) is 0 Å². The minimum absolute atomic E-state index is 0.227. The van der Waals surface area contributed by atoms with Crippen molar-refractivity contribution in [2.75, 3.05) is 24.7 Å². The lowest BCUT2D eigenvalue weighted by atomic mass is 10.9. The van der Waals surface area contributed by atoms with Crippen molar-refractivity contribution in [1.82, 2.24) is 0 Å². The van der Waals surface area contributed by atoms with Gasteiger partial charge in [-0.15, -0.1) is 22.8 Å². The Kier molecular flexibility index (Phi) is 12.3. The van der Waals surface area contributed by atoms with Crippen molar-refractivity contribution in [3.63, 3.8) is 0 Å². The van der Waals surface area contributed by atoms with Gasteiger partial charge in [-0.3, -0.25) is 0 Å². The van der Waals surface area contributed by atoms with Gasteiger partial charge >= 0.3 is 0 Å². The maximum Gasteiger partial charge on any atom is 0.253 e. The Morgan fingerprint density at radius 2 is 1.44 bits per heavy atom. The van der Waals surface area contributed by atoms with Crippen LogP contribution >= 0.6 is 45.0 Å². The van der Waals surface area contributed by atoms with Crippen LogP contribution in [0.4, 0.5) is 0 Å². The molecule has 0 aliphatic rings. The van der Waals surface area contributed by atoms with Crippen molar-refractivity contribution in [2.45, 2.75) is 27.7 Å². The fourth-order valence-electron chi connectivity index (χ4n) is 0.778. The molecule has 0 bridgehead atoms. The van der Waals surface area contributed by atoms with Crippen molar-refractivity contribution in [3.8, 4) is 0 Å². The van der Waals surface area contributed by atoms with Gasteiger partial charge in [0.25, 0.3) is 5.69 Å². The summed E-state index contributed by atoms with van der Waals surface area (Å²) in [7, 11) is 0. The van der Waals surface area contributed by atoms with Gasteiger partial charge < -0.3 is 9.05 Å². The maximum atomic E-state index is 5.65. The molecule has 0 saturated heterocycles. The third kappa shape index (κ3) is 8.20. The van der Waals surface area contributed by atoms with E-state index in [0.717, 1.165) is 11.5 Å². The van der Waals surface area contributed by atoms with Gasteiger partial charge in [-0.2, -0.15) is 0 Å². The molecule has 0 atom stereocenters. The molecule has 0 aliphatic heterocycles. The van der Waals surface area contributed by atoms with Gasteiger partial charge in [0.15, 0.2) is 0 Å². The molecule has 0 aromatic carbocycles. The van der Waals surface area contributed by atoms with E-state index >= 15 is 0 Å². The van der Waals surface area contributed by atoms with E-state index in [2.05, 4.69) is 13.8 Å². The summed E-state index contributed by atoms with van der Waals surface area (Å²) >= 11 is 11.2. The molecule has 8 heteroatoms. The fraction of sp³-hybridized carbons (Fsp3) is 1.00. The van der Waals surface area contributed by atoms with E-state index in [4.69, 9.17) is 20.9 Å². The van der Waals surface area contributed by atoms with Gasteiger partial charge in [0.2, 0.25) is 0 Å². The molecule has 0 rings (SSSR count). The second-order valence-electron chi connectivity index (χ2n) is 2.42. The van der Waals surface area contributed by atoms with Gasteiger partial charge in [0.1, 0.15) is 0 Å². The van der Waals surface area contributed by atoms with Crippen molar-refractivity contribution >= 4 is 56.8 Å². The van der Waals surface area contributed by atoms with E-state index in [9.17, 15) is 0 Å². The number of hydrogen-bond donors (Lipinski definition) is 0. The molecule has 0 aromatic rings. The van der Waals surface area contributed by atoms with Gasteiger partial charge in [0, 0.05) is 0 Å². The Hall–Kier alpha value is 2.05. The monoisotopic (exact) mass is 338 g/mol. The minimum Gasteiger partial charge on any atom is -0.322 e. The third-order valence-corrected chi connectivity index (χ3v) is 20.9. The molecule has 0 amide bonds. The summed E-state index contributed by atoms with van der Waals surface area (Å²) in [6, 6.07) is 0. The minimum atomic E-state index is -2.10. The zero-order chi connectivity index (χ0) is 12.4. The summed E-state index contributed by atoms with van der Waals surface area (Å²) in [6.07, 6.45) is 0. The van der Waals surface area contributed by atoms with Crippen LogP contribution in [0.3, 0.4) is 0 Å². The summed E-state index contributed by atoms with van der Waals surface area (Å²) in [4.78, 5) is 0. The molecular formula is C8H20O2P2S4. The quantitative estimate of drug-likeness (QED) is 0.469. The first-order valence-corrected chi connectivity index (χ1v) is 14.4. The van der Waals surface area contributed by atoms with E-state index in [1.807, 2.05) is 36.6 Å². The first-order valence-electron chi connectivity index (χ1n) is 5.26. The second-order valence-corrected chi connectivity index (χ2v) is 18.6. The average Bonchev–Trinajstić information content (AvgIpc) is 2.18. The highest BCUT2D eigenvalue weighted by molar-refractivity contribution is 9.22. The molecule has 98 valence electrons. The normalized spacial score (nSPS) is 12.3. The van der Waals surface area contributed by atoms with Crippen molar-refractivity contribution in [2.24, 2.45) is 0 Å². The van der Waals surface area contributed by atoms with Crippen LogP contribution in [0.15, 0.2) is 0 Å². The third-order valence-electron chi connectivity index (χ3n) is 1.21. The molecule has 2 nitrogen and oxygen atoms in total.